The van der Waals surface area contributed by atoms with Gasteiger partial charge in [0.25, 0.3) is 0 Å². The molecule has 0 aromatic heterocycles. The van der Waals surface area contributed by atoms with Crippen molar-refractivity contribution in [1.82, 2.24) is 0 Å². The third-order valence-corrected chi connectivity index (χ3v) is 2.74. The highest BCUT2D eigenvalue weighted by Gasteiger charge is 2.27. The van der Waals surface area contributed by atoms with E-state index in [2.05, 4.69) is 20.8 Å². The molecule has 1 heteroatoms. The van der Waals surface area contributed by atoms with Gasteiger partial charge in [0.2, 0.25) is 0 Å². The van der Waals surface area contributed by atoms with Crippen molar-refractivity contribution in [3.8, 4) is 0 Å². The third-order valence-electron chi connectivity index (χ3n) is 2.74. The molecule has 0 amide bonds. The summed E-state index contributed by atoms with van der Waals surface area (Å²) in [5.74, 6) is 0.356. The smallest absolute Gasteiger partial charge is 0.130 e. The van der Waals surface area contributed by atoms with Crippen LogP contribution in [-0.2, 0) is 4.79 Å². The van der Waals surface area contributed by atoms with Gasteiger partial charge in [0.1, 0.15) is 5.78 Å². The molecule has 0 atom stereocenters. The first-order valence-electron chi connectivity index (χ1n) is 7.03. The van der Waals surface area contributed by atoms with Gasteiger partial charge in [0.05, 0.1) is 0 Å². The highest BCUT2D eigenvalue weighted by Crippen LogP contribution is 2.38. The van der Waals surface area contributed by atoms with Gasteiger partial charge >= 0.3 is 0 Å². The van der Waals surface area contributed by atoms with Crippen molar-refractivity contribution < 1.29 is 4.79 Å². The second kappa shape index (κ2) is 11.2. The Bertz CT molecular complexity index is 155. The standard InChI is InChI=1S/C10H18O.C3H8.C2H6/c1-9(11)8-10(2)6-4-3-5-7-10;1-3-2;1-2/h3-8H2,1-2H3;3H2,1-2H3;1-2H3. The van der Waals surface area contributed by atoms with Gasteiger partial charge in [-0.05, 0) is 25.2 Å². The second-order valence-electron chi connectivity index (χ2n) is 4.96. The van der Waals surface area contributed by atoms with Crippen molar-refractivity contribution >= 4 is 5.78 Å². The lowest BCUT2D eigenvalue weighted by Crippen LogP contribution is -2.22. The Morgan fingerprint density at radius 1 is 1.06 bits per heavy atom. The van der Waals surface area contributed by atoms with Crippen molar-refractivity contribution in [2.75, 3.05) is 0 Å². The van der Waals surface area contributed by atoms with Crippen molar-refractivity contribution in [2.24, 2.45) is 5.41 Å². The van der Waals surface area contributed by atoms with Gasteiger partial charge in [-0.25, -0.2) is 0 Å². The van der Waals surface area contributed by atoms with Gasteiger partial charge in [-0.15, -0.1) is 0 Å². The Morgan fingerprint density at radius 2 is 1.44 bits per heavy atom. The van der Waals surface area contributed by atoms with E-state index in [9.17, 15) is 4.79 Å². The van der Waals surface area contributed by atoms with Gasteiger partial charge in [-0.2, -0.15) is 0 Å². The first kappa shape index (κ1) is 18.0. The highest BCUT2D eigenvalue weighted by molar-refractivity contribution is 5.76. The molecule has 1 aliphatic rings. The SMILES string of the molecule is CC.CC(=O)CC1(C)CCCCC1.CCC. The van der Waals surface area contributed by atoms with Crippen LogP contribution in [0.3, 0.4) is 0 Å². The van der Waals surface area contributed by atoms with E-state index in [-0.39, 0.29) is 0 Å². The number of carbonyl (C=O) groups is 1. The molecule has 0 spiro atoms. The van der Waals surface area contributed by atoms with Gasteiger partial charge in [0.15, 0.2) is 0 Å². The Labute approximate surface area is 103 Å². The quantitative estimate of drug-likeness (QED) is 0.620. The van der Waals surface area contributed by atoms with Crippen LogP contribution in [-0.4, -0.2) is 5.78 Å². The minimum absolute atomic E-state index is 0.351. The number of carbonyl (C=O) groups excluding carboxylic acids is 1. The summed E-state index contributed by atoms with van der Waals surface area (Å²) in [6.07, 6.45) is 8.58. The Hall–Kier alpha value is -0.330. The van der Waals surface area contributed by atoms with Crippen molar-refractivity contribution in [3.05, 3.63) is 0 Å². The monoisotopic (exact) mass is 228 g/mol. The summed E-state index contributed by atoms with van der Waals surface area (Å²) in [4.78, 5) is 10.9. The minimum Gasteiger partial charge on any atom is -0.300 e. The molecule has 0 unspecified atom stereocenters. The van der Waals surface area contributed by atoms with Crippen LogP contribution < -0.4 is 0 Å². The second-order valence-corrected chi connectivity index (χ2v) is 4.96. The molecule has 1 rings (SSSR count). The first-order valence-corrected chi connectivity index (χ1v) is 7.03. The Balaban J connectivity index is 0. The molecule has 0 aromatic rings. The number of rotatable bonds is 2. The molecule has 0 N–H and O–H groups in total. The molecule has 0 radical (unpaired) electrons. The average molecular weight is 228 g/mol. The summed E-state index contributed by atoms with van der Waals surface area (Å²) in [5, 5.41) is 0. The van der Waals surface area contributed by atoms with Gasteiger partial charge in [-0.1, -0.05) is 60.3 Å². The van der Waals surface area contributed by atoms with Crippen LogP contribution in [0.25, 0.3) is 0 Å². The van der Waals surface area contributed by atoms with E-state index in [1.54, 1.807) is 6.92 Å². The van der Waals surface area contributed by atoms with E-state index in [4.69, 9.17) is 0 Å². The summed E-state index contributed by atoms with van der Waals surface area (Å²) < 4.78 is 0. The van der Waals surface area contributed by atoms with Crippen molar-refractivity contribution in [2.45, 2.75) is 86.5 Å². The first-order chi connectivity index (χ1) is 7.54. The fraction of sp³-hybridized carbons (Fsp3) is 0.933. The fourth-order valence-corrected chi connectivity index (χ4v) is 2.18. The predicted octanol–water partition coefficient (Wildman–Crippen LogP) is 5.38. The molecule has 0 aliphatic heterocycles. The number of Topliss-reactive ketones (excluding diaryl/α,β-unsaturated/α-hetero) is 1. The summed E-state index contributed by atoms with van der Waals surface area (Å²) in [7, 11) is 0. The molecular weight excluding hydrogens is 196 g/mol. The maximum Gasteiger partial charge on any atom is 0.130 e. The zero-order chi connectivity index (χ0) is 13.0. The van der Waals surface area contributed by atoms with Crippen LogP contribution in [0.15, 0.2) is 0 Å². The number of hydrogen-bond donors (Lipinski definition) is 0. The van der Waals surface area contributed by atoms with Crippen LogP contribution in [0.5, 0.6) is 0 Å². The molecule has 16 heavy (non-hydrogen) atoms. The summed E-state index contributed by atoms with van der Waals surface area (Å²) in [6.45, 7) is 12.2. The lowest BCUT2D eigenvalue weighted by atomic mass is 9.73. The highest BCUT2D eigenvalue weighted by atomic mass is 16.1. The fourth-order valence-electron chi connectivity index (χ4n) is 2.18. The van der Waals surface area contributed by atoms with E-state index in [1.165, 1.54) is 38.5 Å². The van der Waals surface area contributed by atoms with Gasteiger partial charge < -0.3 is 4.79 Å². The zero-order valence-electron chi connectivity index (χ0n) is 12.4. The molecule has 98 valence electrons. The lowest BCUT2D eigenvalue weighted by Gasteiger charge is -2.32. The van der Waals surface area contributed by atoms with Crippen LogP contribution in [0.2, 0.25) is 0 Å². The van der Waals surface area contributed by atoms with Crippen LogP contribution in [0.4, 0.5) is 0 Å². The minimum atomic E-state index is 0.351. The molecule has 1 aliphatic carbocycles. The molecule has 0 saturated heterocycles. The maximum atomic E-state index is 10.9. The van der Waals surface area contributed by atoms with E-state index in [1.807, 2.05) is 13.8 Å². The van der Waals surface area contributed by atoms with Crippen LogP contribution >= 0.6 is 0 Å². The molecule has 1 nitrogen and oxygen atoms in total. The topological polar surface area (TPSA) is 17.1 Å². The Morgan fingerprint density at radius 3 is 1.75 bits per heavy atom. The maximum absolute atomic E-state index is 10.9. The van der Waals surface area contributed by atoms with E-state index in [0.717, 1.165) is 6.42 Å². The molecule has 1 saturated carbocycles. The summed E-state index contributed by atoms with van der Waals surface area (Å²) in [5.41, 5.74) is 0.351. The van der Waals surface area contributed by atoms with Gasteiger partial charge in [-0.3, -0.25) is 0 Å². The van der Waals surface area contributed by atoms with Crippen LogP contribution in [0, 0.1) is 5.41 Å². The van der Waals surface area contributed by atoms with Crippen molar-refractivity contribution in [3.63, 3.8) is 0 Å². The molecule has 0 heterocycles. The average Bonchev–Trinajstić information content (AvgIpc) is 2.21. The largest absolute Gasteiger partial charge is 0.300 e. The summed E-state index contributed by atoms with van der Waals surface area (Å²) in [6, 6.07) is 0. The van der Waals surface area contributed by atoms with E-state index >= 15 is 0 Å². The van der Waals surface area contributed by atoms with Gasteiger partial charge in [0, 0.05) is 6.42 Å². The molecule has 0 bridgehead atoms. The lowest BCUT2D eigenvalue weighted by molar-refractivity contribution is -0.119. The molecular formula is C15H32O. The Kier molecular flexibility index (Phi) is 12.6. The number of ketones is 1. The normalized spacial score (nSPS) is 17.4. The van der Waals surface area contributed by atoms with E-state index < -0.39 is 0 Å². The summed E-state index contributed by atoms with van der Waals surface area (Å²) >= 11 is 0. The predicted molar refractivity (Wildman–Crippen MR) is 73.8 cm³/mol. The van der Waals surface area contributed by atoms with Crippen LogP contribution in [0.1, 0.15) is 86.5 Å². The number of hydrogen-bond acceptors (Lipinski definition) is 1. The molecule has 0 aromatic carbocycles. The van der Waals surface area contributed by atoms with E-state index in [0.29, 0.717) is 11.2 Å². The zero-order valence-corrected chi connectivity index (χ0v) is 12.4. The molecule has 1 fully saturated rings. The third kappa shape index (κ3) is 10.2. The van der Waals surface area contributed by atoms with Crippen molar-refractivity contribution in [1.29, 1.82) is 0 Å².